The molecule has 4 nitrogen and oxygen atoms in total. The van der Waals surface area contributed by atoms with Crippen molar-refractivity contribution in [2.45, 2.75) is 6.42 Å². The largest absolute Gasteiger partial charge is 0.330 e. The lowest BCUT2D eigenvalue weighted by Crippen LogP contribution is -2.05. The van der Waals surface area contributed by atoms with Gasteiger partial charge in [0.2, 0.25) is 0 Å². The van der Waals surface area contributed by atoms with E-state index in [2.05, 4.69) is 10.2 Å². The second kappa shape index (κ2) is 4.46. The average Bonchev–Trinajstić information content (AvgIpc) is 2.09. The molecule has 1 aromatic rings. The van der Waals surface area contributed by atoms with Crippen molar-refractivity contribution in [1.82, 2.24) is 10.2 Å². The van der Waals surface area contributed by atoms with Crippen LogP contribution >= 0.6 is 0 Å². The van der Waals surface area contributed by atoms with Crippen molar-refractivity contribution < 1.29 is 0 Å². The topological polar surface area (TPSA) is 71.8 Å². The maximum absolute atomic E-state index is 10.6. The van der Waals surface area contributed by atoms with E-state index in [-0.39, 0.29) is 5.56 Å². The Morgan fingerprint density at radius 1 is 1.58 bits per heavy atom. The Hall–Kier alpha value is -1.42. The molecule has 0 atom stereocenters. The van der Waals surface area contributed by atoms with Crippen molar-refractivity contribution in [3.05, 3.63) is 34.3 Å². The monoisotopic (exact) mass is 165 g/mol. The lowest BCUT2D eigenvalue weighted by molar-refractivity contribution is 0.972. The first-order chi connectivity index (χ1) is 5.83. The van der Waals surface area contributed by atoms with Crippen LogP contribution in [0.1, 0.15) is 12.1 Å². The molecule has 0 aliphatic carbocycles. The molecule has 0 aromatic carbocycles. The highest BCUT2D eigenvalue weighted by Gasteiger charge is 1.86. The van der Waals surface area contributed by atoms with Gasteiger partial charge in [-0.25, -0.2) is 5.10 Å². The zero-order chi connectivity index (χ0) is 8.81. The van der Waals surface area contributed by atoms with Crippen LogP contribution in [0.25, 0.3) is 6.08 Å². The summed E-state index contributed by atoms with van der Waals surface area (Å²) in [7, 11) is 0. The molecule has 0 saturated heterocycles. The molecule has 4 heteroatoms. The first-order valence-corrected chi connectivity index (χ1v) is 3.75. The number of hydrogen-bond acceptors (Lipinski definition) is 3. The lowest BCUT2D eigenvalue weighted by atomic mass is 10.3. The summed E-state index contributed by atoms with van der Waals surface area (Å²) >= 11 is 0. The summed E-state index contributed by atoms with van der Waals surface area (Å²) in [6.07, 6.45) is 4.56. The summed E-state index contributed by atoms with van der Waals surface area (Å²) in [5.41, 5.74) is 5.84. The molecular weight excluding hydrogens is 154 g/mol. The highest BCUT2D eigenvalue weighted by molar-refractivity contribution is 5.42. The molecular formula is C8H11N3O. The number of nitrogens with one attached hydrogen (secondary N) is 1. The van der Waals surface area contributed by atoms with Gasteiger partial charge in [0.05, 0.1) is 5.69 Å². The minimum absolute atomic E-state index is 0.189. The molecule has 0 aliphatic rings. The first-order valence-electron chi connectivity index (χ1n) is 3.75. The van der Waals surface area contributed by atoms with Gasteiger partial charge >= 0.3 is 0 Å². The third kappa shape index (κ3) is 2.67. The highest BCUT2D eigenvalue weighted by atomic mass is 16.1. The van der Waals surface area contributed by atoms with Gasteiger partial charge in [0.15, 0.2) is 0 Å². The van der Waals surface area contributed by atoms with Crippen molar-refractivity contribution in [2.24, 2.45) is 5.73 Å². The van der Waals surface area contributed by atoms with Gasteiger partial charge in [0, 0.05) is 6.07 Å². The van der Waals surface area contributed by atoms with Crippen molar-refractivity contribution in [1.29, 1.82) is 0 Å². The molecule has 3 N–H and O–H groups in total. The third-order valence-corrected chi connectivity index (χ3v) is 1.32. The summed E-state index contributed by atoms with van der Waals surface area (Å²) < 4.78 is 0. The van der Waals surface area contributed by atoms with Crippen LogP contribution in [0.2, 0.25) is 0 Å². The molecule has 1 rings (SSSR count). The molecule has 0 fully saturated rings. The van der Waals surface area contributed by atoms with E-state index in [4.69, 9.17) is 5.73 Å². The number of rotatable bonds is 3. The fourth-order valence-electron chi connectivity index (χ4n) is 0.748. The predicted octanol–water partition coefficient (Wildman–Crippen LogP) is 0.132. The van der Waals surface area contributed by atoms with E-state index < -0.39 is 0 Å². The first kappa shape index (κ1) is 8.67. The number of nitrogens with zero attached hydrogens (tertiary/aromatic N) is 1. The highest BCUT2D eigenvalue weighted by Crippen LogP contribution is 1.93. The molecule has 0 unspecified atom stereocenters. The summed E-state index contributed by atoms with van der Waals surface area (Å²) in [5, 5.41) is 6.12. The van der Waals surface area contributed by atoms with E-state index in [1.54, 1.807) is 6.07 Å². The van der Waals surface area contributed by atoms with E-state index in [9.17, 15) is 4.79 Å². The molecule has 0 spiro atoms. The molecule has 0 aliphatic heterocycles. The number of aromatic nitrogens is 2. The second-order valence-corrected chi connectivity index (χ2v) is 2.33. The summed E-state index contributed by atoms with van der Waals surface area (Å²) in [5.74, 6) is 0. The normalized spacial score (nSPS) is 10.8. The summed E-state index contributed by atoms with van der Waals surface area (Å²) in [4.78, 5) is 10.6. The Bertz CT molecular complexity index is 296. The van der Waals surface area contributed by atoms with Gasteiger partial charge in [0.25, 0.3) is 5.56 Å². The summed E-state index contributed by atoms with van der Waals surface area (Å²) in [6, 6.07) is 3.10. The van der Waals surface area contributed by atoms with Crippen LogP contribution in [-0.4, -0.2) is 16.7 Å². The number of nitrogens with two attached hydrogens (primary N) is 1. The van der Waals surface area contributed by atoms with E-state index >= 15 is 0 Å². The van der Waals surface area contributed by atoms with Crippen molar-refractivity contribution >= 4 is 6.08 Å². The van der Waals surface area contributed by atoms with E-state index in [0.717, 1.165) is 12.1 Å². The SMILES string of the molecule is NCCC=Cc1ccc(=O)[nH]n1. The van der Waals surface area contributed by atoms with E-state index in [1.165, 1.54) is 6.07 Å². The van der Waals surface area contributed by atoms with Crippen molar-refractivity contribution in [2.75, 3.05) is 6.54 Å². The van der Waals surface area contributed by atoms with Gasteiger partial charge in [0.1, 0.15) is 0 Å². The van der Waals surface area contributed by atoms with Crippen LogP contribution < -0.4 is 11.3 Å². The maximum Gasteiger partial charge on any atom is 0.264 e. The lowest BCUT2D eigenvalue weighted by Gasteiger charge is -1.88. The number of hydrogen-bond donors (Lipinski definition) is 2. The molecule has 0 amide bonds. The Kier molecular flexibility index (Phi) is 3.22. The van der Waals surface area contributed by atoms with E-state index in [0.29, 0.717) is 6.54 Å². The van der Waals surface area contributed by atoms with Crippen LogP contribution in [0.3, 0.4) is 0 Å². The maximum atomic E-state index is 10.6. The third-order valence-electron chi connectivity index (χ3n) is 1.32. The van der Waals surface area contributed by atoms with Crippen molar-refractivity contribution in [3.63, 3.8) is 0 Å². The fourth-order valence-corrected chi connectivity index (χ4v) is 0.748. The van der Waals surface area contributed by atoms with Gasteiger partial charge in [-0.1, -0.05) is 6.08 Å². The van der Waals surface area contributed by atoms with Crippen LogP contribution in [0.15, 0.2) is 23.0 Å². The van der Waals surface area contributed by atoms with Crippen LogP contribution in [-0.2, 0) is 0 Å². The van der Waals surface area contributed by atoms with Crippen LogP contribution in [0, 0.1) is 0 Å². The van der Waals surface area contributed by atoms with Gasteiger partial charge < -0.3 is 5.73 Å². The number of H-pyrrole nitrogens is 1. The molecule has 1 aromatic heterocycles. The Morgan fingerprint density at radius 3 is 3.00 bits per heavy atom. The van der Waals surface area contributed by atoms with Gasteiger partial charge in [-0.3, -0.25) is 4.79 Å². The molecule has 0 bridgehead atoms. The van der Waals surface area contributed by atoms with Gasteiger partial charge in [-0.05, 0) is 25.1 Å². The van der Waals surface area contributed by atoms with E-state index in [1.807, 2.05) is 12.2 Å². The quantitative estimate of drug-likeness (QED) is 0.668. The minimum atomic E-state index is -0.189. The Morgan fingerprint density at radius 2 is 2.42 bits per heavy atom. The summed E-state index contributed by atoms with van der Waals surface area (Å²) in [6.45, 7) is 0.625. The van der Waals surface area contributed by atoms with Gasteiger partial charge in [-0.2, -0.15) is 5.10 Å². The second-order valence-electron chi connectivity index (χ2n) is 2.33. The molecule has 0 radical (unpaired) electrons. The number of aromatic amines is 1. The smallest absolute Gasteiger partial charge is 0.264 e. The Labute approximate surface area is 70.1 Å². The molecule has 1 heterocycles. The van der Waals surface area contributed by atoms with Crippen molar-refractivity contribution in [3.8, 4) is 0 Å². The van der Waals surface area contributed by atoms with Gasteiger partial charge in [-0.15, -0.1) is 0 Å². The zero-order valence-electron chi connectivity index (χ0n) is 6.66. The fraction of sp³-hybridized carbons (Fsp3) is 0.250. The zero-order valence-corrected chi connectivity index (χ0v) is 6.66. The average molecular weight is 165 g/mol. The predicted molar refractivity (Wildman–Crippen MR) is 47.6 cm³/mol. The minimum Gasteiger partial charge on any atom is -0.330 e. The molecule has 64 valence electrons. The standard InChI is InChI=1S/C8H11N3O/c9-6-2-1-3-7-4-5-8(12)11-10-7/h1,3-5H,2,6,9H2,(H,11,12). The van der Waals surface area contributed by atoms with Crippen LogP contribution in [0.4, 0.5) is 0 Å². The van der Waals surface area contributed by atoms with Crippen LogP contribution in [0.5, 0.6) is 0 Å². The molecule has 12 heavy (non-hydrogen) atoms. The Balaban J connectivity index is 2.64. The molecule has 0 saturated carbocycles.